The fourth-order valence-corrected chi connectivity index (χ4v) is 1.16. The number of unbranched alkanes of at least 4 members (excludes halogenated alkanes) is 1. The molecule has 0 aromatic rings. The second kappa shape index (κ2) is 5.98. The zero-order valence-electron chi connectivity index (χ0n) is 6.26. The van der Waals surface area contributed by atoms with E-state index >= 15 is 0 Å². The summed E-state index contributed by atoms with van der Waals surface area (Å²) in [6.07, 6.45) is 3.25. The maximum Gasteiger partial charge on any atom is 0.130 e. The third-order valence-electron chi connectivity index (χ3n) is 1.26. The van der Waals surface area contributed by atoms with E-state index < -0.39 is 0 Å². The van der Waals surface area contributed by atoms with Crippen LogP contribution in [0.2, 0.25) is 0 Å². The minimum absolute atomic E-state index is 0.437. The monoisotopic (exact) mass is 176 g/mol. The summed E-state index contributed by atoms with van der Waals surface area (Å²) in [5.74, 6) is 0. The molecule has 1 unspecified atom stereocenters. The molecule has 0 amide bonds. The number of hydrogen-bond acceptors (Lipinski definition) is 1. The molecule has 0 heterocycles. The van der Waals surface area contributed by atoms with E-state index in [0.29, 0.717) is 10.4 Å². The molecule has 3 heteroatoms. The quantitative estimate of drug-likeness (QED) is 0.503. The Balaban J connectivity index is 3.25. The minimum Gasteiger partial charge on any atom is -0.369 e. The van der Waals surface area contributed by atoms with Gasteiger partial charge >= 0.3 is 0 Å². The lowest BCUT2D eigenvalue weighted by molar-refractivity contribution is 0.586. The van der Waals surface area contributed by atoms with Gasteiger partial charge in [-0.05, 0) is 13.3 Å². The van der Waals surface area contributed by atoms with Gasteiger partial charge in [0.15, 0.2) is 0 Å². The summed E-state index contributed by atoms with van der Waals surface area (Å²) >= 11 is 8.72. The first-order valence-corrected chi connectivity index (χ1v) is 4.31. The van der Waals surface area contributed by atoms with Crippen LogP contribution >= 0.6 is 24.8 Å². The largest absolute Gasteiger partial charge is 0.369 e. The number of thiol groups is 1. The summed E-state index contributed by atoms with van der Waals surface area (Å²) in [4.78, 5) is 0. The van der Waals surface area contributed by atoms with Crippen molar-refractivity contribution in [3.63, 3.8) is 0 Å². The molecule has 1 atom stereocenters. The van der Waals surface area contributed by atoms with Crippen molar-refractivity contribution >= 4 is 29.2 Å². The molecule has 1 nitrogen and oxygen atoms in total. The topological polar surface area (TPSA) is 12.0 Å². The predicted octanol–water partition coefficient (Wildman–Crippen LogP) is 2.18. The van der Waals surface area contributed by atoms with E-state index in [1.54, 1.807) is 0 Å². The van der Waals surface area contributed by atoms with Gasteiger partial charge in [0, 0.05) is 6.04 Å². The number of hydrogen-bond donors (Lipinski definition) is 2. The van der Waals surface area contributed by atoms with E-state index in [4.69, 9.17) is 12.2 Å². The Morgan fingerprint density at radius 3 is 2.80 bits per heavy atom. The molecule has 1 radical (unpaired) electrons. The van der Waals surface area contributed by atoms with Gasteiger partial charge in [0.05, 0.1) is 0 Å². The Hall–Kier alpha value is 0.240. The number of nitrogens with one attached hydrogen (secondary N) is 1. The lowest BCUT2D eigenvalue weighted by Gasteiger charge is -2.11. The first-order chi connectivity index (χ1) is 4.66. The van der Waals surface area contributed by atoms with Crippen LogP contribution in [0.5, 0.6) is 0 Å². The van der Waals surface area contributed by atoms with Gasteiger partial charge in [-0.2, -0.15) is 0 Å². The van der Waals surface area contributed by atoms with Crippen LogP contribution in [0.4, 0.5) is 0 Å². The Kier molecular flexibility index (Phi) is 6.13. The zero-order chi connectivity index (χ0) is 7.98. The van der Waals surface area contributed by atoms with E-state index in [-0.39, 0.29) is 0 Å². The third-order valence-corrected chi connectivity index (χ3v) is 1.50. The van der Waals surface area contributed by atoms with Crippen LogP contribution in [0.15, 0.2) is 0 Å². The second-order valence-corrected chi connectivity index (χ2v) is 3.50. The van der Waals surface area contributed by atoms with Crippen molar-refractivity contribution < 1.29 is 0 Å². The summed E-state index contributed by atoms with van der Waals surface area (Å²) in [6.45, 7) is 5.85. The SMILES string of the molecule is [CH2]CCCC(C)NC(=S)S. The summed E-state index contributed by atoms with van der Waals surface area (Å²) in [7, 11) is 0. The molecule has 59 valence electrons. The van der Waals surface area contributed by atoms with Gasteiger partial charge in [0.25, 0.3) is 0 Å². The van der Waals surface area contributed by atoms with Gasteiger partial charge in [0.1, 0.15) is 4.32 Å². The van der Waals surface area contributed by atoms with Crippen LogP contribution in [-0.2, 0) is 0 Å². The number of rotatable bonds is 4. The summed E-state index contributed by atoms with van der Waals surface area (Å²) in [5, 5.41) is 3.05. The fraction of sp³-hybridized carbons (Fsp3) is 0.714. The Morgan fingerprint density at radius 2 is 2.40 bits per heavy atom. The van der Waals surface area contributed by atoms with Crippen molar-refractivity contribution in [2.75, 3.05) is 0 Å². The molecule has 0 fully saturated rings. The number of thiocarbonyl (C=S) groups is 1. The van der Waals surface area contributed by atoms with Crippen molar-refractivity contribution in [3.05, 3.63) is 6.92 Å². The van der Waals surface area contributed by atoms with Crippen molar-refractivity contribution in [2.24, 2.45) is 0 Å². The van der Waals surface area contributed by atoms with Crippen molar-refractivity contribution in [1.29, 1.82) is 0 Å². The molecule has 10 heavy (non-hydrogen) atoms. The Bertz CT molecular complexity index is 104. The van der Waals surface area contributed by atoms with E-state index in [1.165, 1.54) is 0 Å². The standard InChI is InChI=1S/C7H14NS2/c1-3-4-5-6(2)8-7(9)10/h6H,1,3-5H2,2H3,(H2,8,9,10). The Morgan fingerprint density at radius 1 is 1.80 bits per heavy atom. The highest BCUT2D eigenvalue weighted by atomic mass is 32.1. The Labute approximate surface area is 74.0 Å². The van der Waals surface area contributed by atoms with Crippen LogP contribution in [0.3, 0.4) is 0 Å². The summed E-state index contributed by atoms with van der Waals surface area (Å²) in [6, 6.07) is 0.437. The molecule has 0 aromatic heterocycles. The van der Waals surface area contributed by atoms with Gasteiger partial charge < -0.3 is 5.32 Å². The van der Waals surface area contributed by atoms with Gasteiger partial charge in [-0.3, -0.25) is 0 Å². The normalized spacial score (nSPS) is 12.7. The van der Waals surface area contributed by atoms with Crippen molar-refractivity contribution in [2.45, 2.75) is 32.2 Å². The molecule has 0 saturated heterocycles. The molecular formula is C7H14NS2. The minimum atomic E-state index is 0.437. The molecule has 0 saturated carbocycles. The fourth-order valence-electron chi connectivity index (χ4n) is 0.733. The highest BCUT2D eigenvalue weighted by Crippen LogP contribution is 1.99. The van der Waals surface area contributed by atoms with E-state index in [2.05, 4.69) is 31.8 Å². The molecule has 0 aliphatic rings. The van der Waals surface area contributed by atoms with Crippen molar-refractivity contribution in [3.8, 4) is 0 Å². The zero-order valence-corrected chi connectivity index (χ0v) is 7.97. The first-order valence-electron chi connectivity index (χ1n) is 3.45. The molecule has 0 aliphatic carbocycles. The molecule has 0 bridgehead atoms. The third kappa shape index (κ3) is 6.36. The van der Waals surface area contributed by atoms with E-state index in [9.17, 15) is 0 Å². The maximum absolute atomic E-state index is 4.76. The molecule has 0 aromatic carbocycles. The lowest BCUT2D eigenvalue weighted by atomic mass is 10.1. The van der Waals surface area contributed by atoms with Gasteiger partial charge in [0.2, 0.25) is 0 Å². The van der Waals surface area contributed by atoms with Crippen LogP contribution in [-0.4, -0.2) is 10.4 Å². The predicted molar refractivity (Wildman–Crippen MR) is 53.4 cm³/mol. The summed E-state index contributed by atoms with van der Waals surface area (Å²) in [5.41, 5.74) is 0. The highest BCUT2D eigenvalue weighted by molar-refractivity contribution is 8.11. The van der Waals surface area contributed by atoms with Crippen molar-refractivity contribution in [1.82, 2.24) is 5.32 Å². The molecule has 0 aliphatic heterocycles. The molecule has 1 N–H and O–H groups in total. The van der Waals surface area contributed by atoms with E-state index in [0.717, 1.165) is 19.3 Å². The first kappa shape index (κ1) is 10.2. The second-order valence-electron chi connectivity index (χ2n) is 2.35. The van der Waals surface area contributed by atoms with Gasteiger partial charge in [-0.25, -0.2) is 0 Å². The van der Waals surface area contributed by atoms with Crippen LogP contribution in [0, 0.1) is 6.92 Å². The van der Waals surface area contributed by atoms with E-state index in [1.807, 2.05) is 0 Å². The summed E-state index contributed by atoms with van der Waals surface area (Å²) < 4.78 is 0.580. The average Bonchev–Trinajstić information content (AvgIpc) is 1.82. The highest BCUT2D eigenvalue weighted by Gasteiger charge is 1.98. The van der Waals surface area contributed by atoms with Gasteiger partial charge in [-0.1, -0.05) is 32.0 Å². The van der Waals surface area contributed by atoms with Gasteiger partial charge in [-0.15, -0.1) is 12.6 Å². The van der Waals surface area contributed by atoms with Crippen LogP contribution in [0.25, 0.3) is 0 Å². The average molecular weight is 176 g/mol. The maximum atomic E-state index is 4.76. The molecule has 0 spiro atoms. The molecular weight excluding hydrogens is 162 g/mol. The smallest absolute Gasteiger partial charge is 0.130 e. The van der Waals surface area contributed by atoms with Crippen LogP contribution < -0.4 is 5.32 Å². The molecule has 0 rings (SSSR count). The lowest BCUT2D eigenvalue weighted by Crippen LogP contribution is -2.27. The van der Waals surface area contributed by atoms with Crippen LogP contribution in [0.1, 0.15) is 26.2 Å².